The highest BCUT2D eigenvalue weighted by molar-refractivity contribution is 6.30. The van der Waals surface area contributed by atoms with Crippen molar-refractivity contribution in [1.82, 2.24) is 10.3 Å². The molecule has 3 aromatic rings. The Morgan fingerprint density at radius 3 is 2.43 bits per heavy atom. The third-order valence-electron chi connectivity index (χ3n) is 4.04. The zero-order valence-corrected chi connectivity index (χ0v) is 17.0. The molecular weight excluding hydrogens is 408 g/mol. The van der Waals surface area contributed by atoms with Crippen molar-refractivity contribution in [3.63, 3.8) is 0 Å². The molecule has 0 fully saturated rings. The number of halogens is 1. The van der Waals surface area contributed by atoms with Crippen LogP contribution in [-0.2, 0) is 0 Å². The molecule has 8 heteroatoms. The Labute approximate surface area is 179 Å². The van der Waals surface area contributed by atoms with E-state index >= 15 is 0 Å². The highest BCUT2D eigenvalue weighted by Gasteiger charge is 2.16. The number of carbonyl (C=O) groups is 1. The van der Waals surface area contributed by atoms with E-state index in [2.05, 4.69) is 10.3 Å². The normalized spacial score (nSPS) is 11.4. The maximum Gasteiger partial charge on any atom is 0.256 e. The SMILES string of the molecule is COc1ccc(OC[C@H](O)CNC(=O)c2cccnc2Oc2ccc(Cl)cc2)cc1. The highest BCUT2D eigenvalue weighted by Crippen LogP contribution is 2.24. The quantitative estimate of drug-likeness (QED) is 0.540. The van der Waals surface area contributed by atoms with Gasteiger partial charge in [0.25, 0.3) is 5.91 Å². The largest absolute Gasteiger partial charge is 0.497 e. The second-order valence-electron chi connectivity index (χ2n) is 6.26. The summed E-state index contributed by atoms with van der Waals surface area (Å²) in [7, 11) is 1.58. The van der Waals surface area contributed by atoms with Gasteiger partial charge in [0.2, 0.25) is 5.88 Å². The van der Waals surface area contributed by atoms with Crippen LogP contribution in [0.2, 0.25) is 5.02 Å². The van der Waals surface area contributed by atoms with Crippen LogP contribution < -0.4 is 19.5 Å². The van der Waals surface area contributed by atoms with Gasteiger partial charge in [0, 0.05) is 17.8 Å². The number of aliphatic hydroxyl groups is 1. The summed E-state index contributed by atoms with van der Waals surface area (Å²) < 4.78 is 16.3. The summed E-state index contributed by atoms with van der Waals surface area (Å²) in [6.07, 6.45) is 0.632. The van der Waals surface area contributed by atoms with Gasteiger partial charge in [0.15, 0.2) is 0 Å². The van der Waals surface area contributed by atoms with E-state index in [1.54, 1.807) is 67.8 Å². The summed E-state index contributed by atoms with van der Waals surface area (Å²) in [5.41, 5.74) is 0.246. The Bertz CT molecular complexity index is 964. The molecule has 0 aliphatic carbocycles. The van der Waals surface area contributed by atoms with Crippen molar-refractivity contribution < 1.29 is 24.1 Å². The number of hydrogen-bond donors (Lipinski definition) is 2. The second kappa shape index (κ2) is 10.5. The lowest BCUT2D eigenvalue weighted by atomic mass is 10.2. The minimum atomic E-state index is -0.895. The average Bonchev–Trinajstić information content (AvgIpc) is 2.78. The second-order valence-corrected chi connectivity index (χ2v) is 6.70. The summed E-state index contributed by atoms with van der Waals surface area (Å²) in [5, 5.41) is 13.3. The van der Waals surface area contributed by atoms with Crippen LogP contribution in [0.5, 0.6) is 23.1 Å². The molecule has 1 aromatic heterocycles. The summed E-state index contributed by atoms with van der Waals surface area (Å²) in [6, 6.07) is 16.9. The molecule has 0 radical (unpaired) electrons. The van der Waals surface area contributed by atoms with Gasteiger partial charge >= 0.3 is 0 Å². The van der Waals surface area contributed by atoms with Gasteiger partial charge in [0.1, 0.15) is 35.5 Å². The van der Waals surface area contributed by atoms with Crippen LogP contribution in [0, 0.1) is 0 Å². The number of methoxy groups -OCH3 is 1. The van der Waals surface area contributed by atoms with Crippen molar-refractivity contribution in [2.45, 2.75) is 6.10 Å². The van der Waals surface area contributed by atoms with Gasteiger partial charge < -0.3 is 24.6 Å². The zero-order valence-electron chi connectivity index (χ0n) is 16.2. The van der Waals surface area contributed by atoms with Gasteiger partial charge in [-0.15, -0.1) is 0 Å². The first-order valence-electron chi connectivity index (χ1n) is 9.16. The number of carbonyl (C=O) groups excluding carboxylic acids is 1. The van der Waals surface area contributed by atoms with Crippen LogP contribution in [0.3, 0.4) is 0 Å². The van der Waals surface area contributed by atoms with Crippen molar-refractivity contribution in [2.75, 3.05) is 20.3 Å². The molecule has 3 rings (SSSR count). The van der Waals surface area contributed by atoms with Crippen molar-refractivity contribution >= 4 is 17.5 Å². The highest BCUT2D eigenvalue weighted by atomic mass is 35.5. The Morgan fingerprint density at radius 2 is 1.73 bits per heavy atom. The number of aromatic nitrogens is 1. The van der Waals surface area contributed by atoms with Crippen LogP contribution in [0.25, 0.3) is 0 Å². The lowest BCUT2D eigenvalue weighted by Gasteiger charge is -2.14. The first kappa shape index (κ1) is 21.4. The number of benzene rings is 2. The van der Waals surface area contributed by atoms with Gasteiger partial charge in [-0.3, -0.25) is 4.79 Å². The van der Waals surface area contributed by atoms with Crippen molar-refractivity contribution in [2.24, 2.45) is 0 Å². The third-order valence-corrected chi connectivity index (χ3v) is 4.30. The minimum absolute atomic E-state index is 0.00423. The molecule has 156 valence electrons. The minimum Gasteiger partial charge on any atom is -0.497 e. The molecule has 0 aliphatic rings. The van der Waals surface area contributed by atoms with E-state index in [9.17, 15) is 9.90 Å². The van der Waals surface area contributed by atoms with Gasteiger partial charge in [-0.05, 0) is 60.7 Å². The Balaban J connectivity index is 1.53. The molecule has 0 spiro atoms. The van der Waals surface area contributed by atoms with Crippen LogP contribution in [0.15, 0.2) is 66.9 Å². The number of pyridine rings is 1. The number of rotatable bonds is 9. The number of nitrogens with zero attached hydrogens (tertiary/aromatic N) is 1. The fourth-order valence-electron chi connectivity index (χ4n) is 2.49. The van der Waals surface area contributed by atoms with Crippen molar-refractivity contribution in [1.29, 1.82) is 0 Å². The van der Waals surface area contributed by atoms with Gasteiger partial charge in [-0.1, -0.05) is 11.6 Å². The lowest BCUT2D eigenvalue weighted by molar-refractivity contribution is 0.0841. The predicted octanol–water partition coefficient (Wildman–Crippen LogP) is 3.71. The van der Waals surface area contributed by atoms with Crippen LogP contribution in [0.1, 0.15) is 10.4 Å². The third kappa shape index (κ3) is 6.10. The molecule has 1 amide bonds. The van der Waals surface area contributed by atoms with E-state index in [-0.39, 0.29) is 24.6 Å². The van der Waals surface area contributed by atoms with Crippen molar-refractivity contribution in [3.05, 3.63) is 77.4 Å². The molecule has 0 bridgehead atoms. The smallest absolute Gasteiger partial charge is 0.256 e. The van der Waals surface area contributed by atoms with E-state index in [0.717, 1.165) is 0 Å². The van der Waals surface area contributed by atoms with Gasteiger partial charge in [0.05, 0.1) is 7.11 Å². The molecular formula is C22H21ClN2O5. The first-order chi connectivity index (χ1) is 14.5. The molecule has 30 heavy (non-hydrogen) atoms. The molecule has 1 heterocycles. The molecule has 0 saturated heterocycles. The molecule has 2 aromatic carbocycles. The van der Waals surface area contributed by atoms with Gasteiger partial charge in [-0.2, -0.15) is 0 Å². The molecule has 0 saturated carbocycles. The predicted molar refractivity (Wildman–Crippen MR) is 113 cm³/mol. The number of hydrogen-bond acceptors (Lipinski definition) is 6. The van der Waals surface area contributed by atoms with Crippen molar-refractivity contribution in [3.8, 4) is 23.1 Å². The summed E-state index contributed by atoms with van der Waals surface area (Å²) in [6.45, 7) is 0.0258. The fraction of sp³-hybridized carbons (Fsp3) is 0.182. The number of amides is 1. The van der Waals surface area contributed by atoms with E-state index in [0.29, 0.717) is 22.3 Å². The molecule has 7 nitrogen and oxygen atoms in total. The van der Waals surface area contributed by atoms with E-state index in [1.165, 1.54) is 6.20 Å². The molecule has 0 unspecified atom stereocenters. The zero-order chi connectivity index (χ0) is 21.3. The monoisotopic (exact) mass is 428 g/mol. The lowest BCUT2D eigenvalue weighted by Crippen LogP contribution is -2.35. The maximum absolute atomic E-state index is 12.5. The van der Waals surface area contributed by atoms with E-state index in [1.807, 2.05) is 0 Å². The summed E-state index contributed by atoms with van der Waals surface area (Å²) in [5.74, 6) is 1.53. The van der Waals surface area contributed by atoms with Crippen LogP contribution >= 0.6 is 11.6 Å². The number of aliphatic hydroxyl groups excluding tert-OH is 1. The summed E-state index contributed by atoms with van der Waals surface area (Å²) >= 11 is 5.87. The van der Waals surface area contributed by atoms with E-state index < -0.39 is 12.0 Å². The molecule has 2 N–H and O–H groups in total. The fourth-order valence-corrected chi connectivity index (χ4v) is 2.61. The van der Waals surface area contributed by atoms with Crippen LogP contribution in [0.4, 0.5) is 0 Å². The average molecular weight is 429 g/mol. The number of nitrogens with one attached hydrogen (secondary N) is 1. The van der Waals surface area contributed by atoms with Crippen LogP contribution in [-0.4, -0.2) is 42.4 Å². The molecule has 1 atom stereocenters. The number of ether oxygens (including phenoxy) is 3. The topological polar surface area (TPSA) is 89.9 Å². The standard InChI is InChI=1S/C22H21ClN2O5/c1-28-17-8-10-18(11-9-17)29-14-16(26)13-25-21(27)20-3-2-12-24-22(20)30-19-6-4-15(23)5-7-19/h2-12,16,26H,13-14H2,1H3,(H,25,27)/t16-/m1/s1. The Morgan fingerprint density at radius 1 is 1.07 bits per heavy atom. The molecule has 0 aliphatic heterocycles. The Kier molecular flexibility index (Phi) is 7.48. The first-order valence-corrected chi connectivity index (χ1v) is 9.54. The van der Waals surface area contributed by atoms with E-state index in [4.69, 9.17) is 25.8 Å². The Hall–Kier alpha value is -3.29. The maximum atomic E-state index is 12.5. The summed E-state index contributed by atoms with van der Waals surface area (Å²) in [4.78, 5) is 16.7. The van der Waals surface area contributed by atoms with Gasteiger partial charge in [-0.25, -0.2) is 4.98 Å².